The number of hydrogen-bond donors (Lipinski definition) is 1. The van der Waals surface area contributed by atoms with Gasteiger partial charge in [-0.1, -0.05) is 56.0 Å². The Balaban J connectivity index is 0.00000304. The van der Waals surface area contributed by atoms with Gasteiger partial charge in [0, 0.05) is 36.3 Å². The molecule has 2 aromatic rings. The summed E-state index contributed by atoms with van der Waals surface area (Å²) < 4.78 is 7.14. The van der Waals surface area contributed by atoms with Gasteiger partial charge >= 0.3 is 5.97 Å². The molecule has 3 saturated heterocycles. The number of amides is 1. The molecule has 1 N–H and O–H groups in total. The largest absolute Gasteiger partial charge is 1.00 e. The topological polar surface area (TPSA) is 68.3 Å². The molecule has 3 aliphatic heterocycles. The van der Waals surface area contributed by atoms with Gasteiger partial charge in [-0.05, 0) is 37.5 Å². The number of nitrogens with one attached hydrogen (secondary N) is 1. The number of anilines is 1. The summed E-state index contributed by atoms with van der Waals surface area (Å²) in [6.45, 7) is 5.04. The van der Waals surface area contributed by atoms with Gasteiger partial charge in [0.05, 0.1) is 18.5 Å². The van der Waals surface area contributed by atoms with Gasteiger partial charge in [-0.25, -0.2) is 0 Å². The smallest absolute Gasteiger partial charge is 0.317 e. The number of fused-ring (bicyclic) bond motifs is 3. The Labute approximate surface area is 225 Å². The lowest BCUT2D eigenvalue weighted by molar-refractivity contribution is -0.939. The minimum Gasteiger partial charge on any atom is -1.00 e. The molecule has 194 valence electrons. The van der Waals surface area contributed by atoms with Crippen LogP contribution in [0.5, 0.6) is 0 Å². The second kappa shape index (κ2) is 11.4. The molecule has 0 radical (unpaired) electrons. The van der Waals surface area contributed by atoms with E-state index in [1.165, 1.54) is 12.8 Å². The van der Waals surface area contributed by atoms with Crippen LogP contribution in [0.1, 0.15) is 62.6 Å². The van der Waals surface area contributed by atoms with E-state index in [0.717, 1.165) is 75.1 Å². The van der Waals surface area contributed by atoms with E-state index < -0.39 is 5.41 Å². The lowest BCUT2D eigenvalue weighted by atomic mass is 9.74. The van der Waals surface area contributed by atoms with Crippen molar-refractivity contribution in [2.45, 2.75) is 69.8 Å². The molecule has 6 rings (SSSR count). The first-order chi connectivity index (χ1) is 17.0. The van der Waals surface area contributed by atoms with Crippen LogP contribution >= 0.6 is 0 Å². The van der Waals surface area contributed by atoms with E-state index in [-0.39, 0.29) is 35.0 Å². The van der Waals surface area contributed by atoms with Crippen molar-refractivity contribution in [1.29, 1.82) is 0 Å². The fourth-order valence-corrected chi connectivity index (χ4v) is 6.66. The van der Waals surface area contributed by atoms with Gasteiger partial charge in [0.25, 0.3) is 5.91 Å². The van der Waals surface area contributed by atoms with Gasteiger partial charge in [-0.3, -0.25) is 14.6 Å². The lowest BCUT2D eigenvalue weighted by Gasteiger charge is -2.52. The van der Waals surface area contributed by atoms with Crippen LogP contribution in [-0.2, 0) is 19.7 Å². The van der Waals surface area contributed by atoms with E-state index in [1.807, 2.05) is 37.3 Å². The van der Waals surface area contributed by atoms with E-state index in [9.17, 15) is 9.59 Å². The summed E-state index contributed by atoms with van der Waals surface area (Å²) in [4.78, 5) is 31.1. The maximum atomic E-state index is 13.9. The first-order valence-electron chi connectivity index (χ1n) is 13.3. The Kier molecular flexibility index (Phi) is 8.51. The number of aryl methyl sites for hydroxylation is 1. The van der Waals surface area contributed by atoms with Gasteiger partial charge in [-0.15, -0.1) is 0 Å². The van der Waals surface area contributed by atoms with E-state index in [2.05, 4.69) is 22.4 Å². The standard InChI is InChI=1S/C29H37N3O3.BrH/c1-22-19-25(11-16-30-22)31-27(33)21-32-17-12-23(13-18-32)26(20-32)35-28(34)29(14-7-2-3-8-15-29)24-9-5-4-6-10-24;/h4-6,9-11,16,19,23,26H,2-3,7-8,12-15,17-18,20-21H2,1H3;1H/t23?,26-,32?;/m0./s1. The number of esters is 1. The van der Waals surface area contributed by atoms with E-state index >= 15 is 0 Å². The molecule has 7 heteroatoms. The molecular weight excluding hydrogens is 518 g/mol. The molecule has 1 aromatic heterocycles. The minimum absolute atomic E-state index is 0. The quantitative estimate of drug-likeness (QED) is 0.335. The van der Waals surface area contributed by atoms with Crippen molar-refractivity contribution in [2.75, 3.05) is 31.5 Å². The number of aromatic nitrogens is 1. The molecule has 0 unspecified atom stereocenters. The normalized spacial score (nSPS) is 26.8. The van der Waals surface area contributed by atoms with Gasteiger partial charge < -0.3 is 31.5 Å². The van der Waals surface area contributed by atoms with Crippen molar-refractivity contribution in [3.05, 3.63) is 59.9 Å². The van der Waals surface area contributed by atoms with Crippen LogP contribution in [0, 0.1) is 12.8 Å². The molecule has 1 atom stereocenters. The minimum atomic E-state index is -0.537. The van der Waals surface area contributed by atoms with Crippen LogP contribution in [0.3, 0.4) is 0 Å². The maximum Gasteiger partial charge on any atom is 0.317 e. The van der Waals surface area contributed by atoms with Gasteiger partial charge in [0.15, 0.2) is 12.6 Å². The number of rotatable bonds is 6. The number of carbonyl (C=O) groups excluding carboxylic acids is 2. The Bertz CT molecular complexity index is 1040. The third-order valence-electron chi connectivity index (χ3n) is 8.63. The molecule has 4 aliphatic rings. The van der Waals surface area contributed by atoms with E-state index in [4.69, 9.17) is 4.74 Å². The van der Waals surface area contributed by atoms with E-state index in [1.54, 1.807) is 6.20 Å². The highest BCUT2D eigenvalue weighted by molar-refractivity contribution is 5.91. The number of quaternary nitrogens is 1. The summed E-state index contributed by atoms with van der Waals surface area (Å²) in [7, 11) is 0. The van der Waals surface area contributed by atoms with Gasteiger partial charge in [0.2, 0.25) is 0 Å². The third kappa shape index (κ3) is 5.67. The SMILES string of the molecule is Cc1cc(NC(=O)C[N+]23CCC(CC2)[C@@H](OC(=O)C2(c4ccccc4)CCCCCC2)C3)ccn1.[Br-]. The van der Waals surface area contributed by atoms with Crippen molar-refractivity contribution in [1.82, 2.24) is 4.98 Å². The monoisotopic (exact) mass is 555 g/mol. The van der Waals surface area contributed by atoms with Crippen molar-refractivity contribution in [3.63, 3.8) is 0 Å². The number of pyridine rings is 1. The van der Waals surface area contributed by atoms with Crippen molar-refractivity contribution in [3.8, 4) is 0 Å². The lowest BCUT2D eigenvalue weighted by Crippen LogP contribution is -3.00. The highest BCUT2D eigenvalue weighted by Crippen LogP contribution is 2.42. The van der Waals surface area contributed by atoms with Crippen molar-refractivity contribution >= 4 is 17.6 Å². The number of benzene rings is 1. The molecular formula is C29H38BrN3O3. The van der Waals surface area contributed by atoms with E-state index in [0.29, 0.717) is 16.9 Å². The number of carbonyl (C=O) groups is 2. The van der Waals surface area contributed by atoms with Gasteiger partial charge in [-0.2, -0.15) is 0 Å². The molecule has 1 aromatic carbocycles. The van der Waals surface area contributed by atoms with Gasteiger partial charge in [0.1, 0.15) is 6.54 Å². The predicted molar refractivity (Wildman–Crippen MR) is 136 cm³/mol. The Morgan fingerprint density at radius 3 is 2.42 bits per heavy atom. The average Bonchev–Trinajstić information content (AvgIpc) is 3.12. The molecule has 2 bridgehead atoms. The fraction of sp³-hybridized carbons (Fsp3) is 0.552. The summed E-state index contributed by atoms with van der Waals surface area (Å²) in [6, 6.07) is 14.0. The fourth-order valence-electron chi connectivity index (χ4n) is 6.66. The Morgan fingerprint density at radius 1 is 1.06 bits per heavy atom. The highest BCUT2D eigenvalue weighted by Gasteiger charge is 2.51. The molecule has 1 saturated carbocycles. The summed E-state index contributed by atoms with van der Waals surface area (Å²) in [5.74, 6) is 0.383. The zero-order valence-corrected chi connectivity index (χ0v) is 22.8. The second-order valence-electron chi connectivity index (χ2n) is 11.0. The molecule has 4 heterocycles. The zero-order chi connectivity index (χ0) is 24.3. The highest BCUT2D eigenvalue weighted by atomic mass is 79.9. The number of nitrogens with zero attached hydrogens (tertiary/aromatic N) is 2. The van der Waals surface area contributed by atoms with Crippen LogP contribution in [0.2, 0.25) is 0 Å². The van der Waals surface area contributed by atoms with Crippen molar-refractivity contribution < 1.29 is 35.8 Å². The van der Waals surface area contributed by atoms with Crippen LogP contribution < -0.4 is 22.3 Å². The number of piperidine rings is 3. The molecule has 1 amide bonds. The zero-order valence-electron chi connectivity index (χ0n) is 21.3. The maximum absolute atomic E-state index is 13.9. The summed E-state index contributed by atoms with van der Waals surface area (Å²) in [5.41, 5.74) is 2.23. The first-order valence-corrected chi connectivity index (χ1v) is 13.3. The molecule has 4 fully saturated rings. The number of ether oxygens (including phenoxy) is 1. The summed E-state index contributed by atoms with van der Waals surface area (Å²) in [6.07, 6.45) is 9.84. The van der Waals surface area contributed by atoms with Crippen LogP contribution in [0.15, 0.2) is 48.7 Å². The molecule has 1 aliphatic carbocycles. The average molecular weight is 557 g/mol. The number of halogens is 1. The van der Waals surface area contributed by atoms with Crippen LogP contribution in [0.25, 0.3) is 0 Å². The molecule has 6 nitrogen and oxygen atoms in total. The van der Waals surface area contributed by atoms with Crippen LogP contribution in [0.4, 0.5) is 5.69 Å². The Hall–Kier alpha value is -2.25. The summed E-state index contributed by atoms with van der Waals surface area (Å²) in [5, 5.41) is 3.05. The Morgan fingerprint density at radius 2 is 1.75 bits per heavy atom. The third-order valence-corrected chi connectivity index (χ3v) is 8.63. The molecule has 36 heavy (non-hydrogen) atoms. The van der Waals surface area contributed by atoms with Crippen LogP contribution in [-0.4, -0.2) is 53.6 Å². The second-order valence-corrected chi connectivity index (χ2v) is 11.0. The summed E-state index contributed by atoms with van der Waals surface area (Å²) >= 11 is 0. The molecule has 0 spiro atoms. The first kappa shape index (κ1) is 26.8. The predicted octanol–water partition coefficient (Wildman–Crippen LogP) is 1.78. The van der Waals surface area contributed by atoms with Crippen molar-refractivity contribution in [2.24, 2.45) is 5.92 Å². The number of hydrogen-bond acceptors (Lipinski definition) is 4.